The maximum atomic E-state index is 12.1. The minimum Gasteiger partial charge on any atom is -0.508 e. The summed E-state index contributed by atoms with van der Waals surface area (Å²) < 4.78 is 5.00. The van der Waals surface area contributed by atoms with Gasteiger partial charge in [0, 0.05) is 24.2 Å². The molecule has 25 heavy (non-hydrogen) atoms. The molecule has 0 unspecified atom stereocenters. The number of ether oxygens (including phenoxy) is 1. The number of rotatable bonds is 5. The van der Waals surface area contributed by atoms with E-state index < -0.39 is 5.97 Å². The summed E-state index contributed by atoms with van der Waals surface area (Å²) in [6.45, 7) is 0.318. The van der Waals surface area contributed by atoms with Crippen LogP contribution in [0.4, 0.5) is 5.69 Å². The summed E-state index contributed by atoms with van der Waals surface area (Å²) in [5, 5.41) is 9.19. The first-order valence-corrected chi connectivity index (χ1v) is 7.94. The van der Waals surface area contributed by atoms with Gasteiger partial charge in [-0.05, 0) is 55.0 Å². The molecular weight excluding hydrogens is 322 g/mol. The van der Waals surface area contributed by atoms with Crippen LogP contribution < -0.4 is 4.90 Å². The van der Waals surface area contributed by atoms with Gasteiger partial charge in [-0.1, -0.05) is 0 Å². The summed E-state index contributed by atoms with van der Waals surface area (Å²) in [6, 6.07) is 12.3. The number of phenolic OH excluding ortho intramolecular Hbond substituents is 1. The van der Waals surface area contributed by atoms with Crippen LogP contribution in [0.15, 0.2) is 48.5 Å². The zero-order valence-electron chi connectivity index (χ0n) is 13.5. The molecule has 0 aromatic heterocycles. The van der Waals surface area contributed by atoms with Crippen molar-refractivity contribution in [1.82, 2.24) is 0 Å². The van der Waals surface area contributed by atoms with Crippen molar-refractivity contribution < 1.29 is 24.2 Å². The topological polar surface area (TPSA) is 83.9 Å². The zero-order chi connectivity index (χ0) is 17.8. The van der Waals surface area contributed by atoms with Crippen molar-refractivity contribution in [2.24, 2.45) is 0 Å². The molecule has 2 aromatic carbocycles. The van der Waals surface area contributed by atoms with E-state index in [2.05, 4.69) is 0 Å². The fourth-order valence-corrected chi connectivity index (χ4v) is 2.64. The van der Waals surface area contributed by atoms with Crippen molar-refractivity contribution in [1.29, 1.82) is 0 Å². The monoisotopic (exact) mass is 339 g/mol. The second-order valence-electron chi connectivity index (χ2n) is 5.74. The molecule has 0 aliphatic carbocycles. The normalized spacial score (nSPS) is 13.8. The number of phenols is 1. The predicted molar refractivity (Wildman–Crippen MR) is 90.7 cm³/mol. The average Bonchev–Trinajstić information content (AvgIpc) is 3.06. The van der Waals surface area contributed by atoms with Crippen molar-refractivity contribution in [2.45, 2.75) is 12.8 Å². The van der Waals surface area contributed by atoms with Crippen LogP contribution in [0.3, 0.4) is 0 Å². The second kappa shape index (κ2) is 7.17. The minimum atomic E-state index is -0.632. The average molecular weight is 339 g/mol. The lowest BCUT2D eigenvalue weighted by atomic mass is 10.1. The fraction of sp³-hybridized carbons (Fsp3) is 0.211. The van der Waals surface area contributed by atoms with Gasteiger partial charge in [0.05, 0.1) is 5.56 Å². The Bertz CT molecular complexity index is 796. The van der Waals surface area contributed by atoms with Crippen LogP contribution in [-0.2, 0) is 9.53 Å². The highest BCUT2D eigenvalue weighted by Gasteiger charge is 2.21. The molecule has 6 nitrogen and oxygen atoms in total. The number of amides is 1. The van der Waals surface area contributed by atoms with Crippen LogP contribution in [0.5, 0.6) is 5.75 Å². The lowest BCUT2D eigenvalue weighted by Crippen LogP contribution is -2.23. The Morgan fingerprint density at radius 1 is 1.00 bits per heavy atom. The molecule has 6 heteroatoms. The first-order valence-electron chi connectivity index (χ1n) is 7.94. The van der Waals surface area contributed by atoms with Gasteiger partial charge < -0.3 is 14.7 Å². The van der Waals surface area contributed by atoms with Gasteiger partial charge in [0.15, 0.2) is 12.4 Å². The number of benzene rings is 2. The van der Waals surface area contributed by atoms with Gasteiger partial charge in [-0.3, -0.25) is 9.59 Å². The largest absolute Gasteiger partial charge is 0.508 e. The molecule has 1 fully saturated rings. The third-order valence-corrected chi connectivity index (χ3v) is 4.01. The van der Waals surface area contributed by atoms with Gasteiger partial charge in [0.25, 0.3) is 0 Å². The van der Waals surface area contributed by atoms with Crippen LogP contribution in [0.2, 0.25) is 0 Å². The number of hydrogen-bond donors (Lipinski definition) is 1. The van der Waals surface area contributed by atoms with Gasteiger partial charge in [-0.15, -0.1) is 0 Å². The van der Waals surface area contributed by atoms with E-state index in [1.54, 1.807) is 29.2 Å². The predicted octanol–water partition coefficient (Wildman–Crippen LogP) is 2.56. The fourth-order valence-electron chi connectivity index (χ4n) is 2.64. The van der Waals surface area contributed by atoms with Crippen LogP contribution in [-0.4, -0.2) is 35.9 Å². The number of Topliss-reactive ketones (excluding diaryl/α,β-unsaturated/α-hetero) is 1. The number of carbonyl (C=O) groups excluding carboxylic acids is 3. The van der Waals surface area contributed by atoms with Gasteiger partial charge in [0.2, 0.25) is 5.91 Å². The van der Waals surface area contributed by atoms with E-state index in [1.165, 1.54) is 24.3 Å². The molecule has 0 radical (unpaired) electrons. The van der Waals surface area contributed by atoms with E-state index in [4.69, 9.17) is 4.74 Å². The molecule has 3 rings (SSSR count). The standard InChI is InChI=1S/C19H17NO5/c21-16-9-5-14(6-10-16)19(24)25-12-17(22)13-3-7-15(8-4-13)20-11-1-2-18(20)23/h3-10,21H,1-2,11-12H2. The molecule has 0 spiro atoms. The molecule has 1 heterocycles. The number of aromatic hydroxyl groups is 1. The SMILES string of the molecule is O=C(COC(=O)c1ccc(O)cc1)c1ccc(N2CCCC2=O)cc1. The lowest BCUT2D eigenvalue weighted by molar-refractivity contribution is -0.117. The third-order valence-electron chi connectivity index (χ3n) is 4.01. The van der Waals surface area contributed by atoms with E-state index in [9.17, 15) is 19.5 Å². The Hall–Kier alpha value is -3.15. The number of esters is 1. The minimum absolute atomic E-state index is 0.0456. The Kier molecular flexibility index (Phi) is 4.79. The van der Waals surface area contributed by atoms with E-state index in [0.717, 1.165) is 12.1 Å². The van der Waals surface area contributed by atoms with Crippen molar-refractivity contribution in [3.63, 3.8) is 0 Å². The highest BCUT2D eigenvalue weighted by Crippen LogP contribution is 2.21. The highest BCUT2D eigenvalue weighted by atomic mass is 16.5. The number of nitrogens with zero attached hydrogens (tertiary/aromatic N) is 1. The summed E-state index contributed by atoms with van der Waals surface area (Å²) in [5.74, 6) is -0.829. The molecule has 0 bridgehead atoms. The Morgan fingerprint density at radius 3 is 2.24 bits per heavy atom. The van der Waals surface area contributed by atoms with Gasteiger partial charge in [0.1, 0.15) is 5.75 Å². The van der Waals surface area contributed by atoms with Crippen LogP contribution in [0, 0.1) is 0 Å². The molecule has 0 atom stereocenters. The molecular formula is C19H17NO5. The van der Waals surface area contributed by atoms with Gasteiger partial charge >= 0.3 is 5.97 Å². The molecule has 1 saturated heterocycles. The van der Waals surface area contributed by atoms with Gasteiger partial charge in [-0.2, -0.15) is 0 Å². The van der Waals surface area contributed by atoms with Crippen molar-refractivity contribution in [2.75, 3.05) is 18.1 Å². The molecule has 128 valence electrons. The Morgan fingerprint density at radius 2 is 1.64 bits per heavy atom. The quantitative estimate of drug-likeness (QED) is 0.668. The molecule has 2 aromatic rings. The third kappa shape index (κ3) is 3.85. The summed E-state index contributed by atoms with van der Waals surface area (Å²) in [4.78, 5) is 37.4. The van der Waals surface area contributed by atoms with E-state index in [-0.39, 0.29) is 29.6 Å². The Labute approximate surface area is 144 Å². The maximum absolute atomic E-state index is 12.1. The number of ketones is 1. The van der Waals surface area contributed by atoms with Gasteiger partial charge in [-0.25, -0.2) is 4.79 Å². The number of anilines is 1. The molecule has 1 N–H and O–H groups in total. The summed E-state index contributed by atoms with van der Waals surface area (Å²) in [6.07, 6.45) is 1.39. The number of carbonyl (C=O) groups is 3. The molecule has 1 amide bonds. The van der Waals surface area contributed by atoms with Crippen LogP contribution in [0.1, 0.15) is 33.6 Å². The van der Waals surface area contributed by atoms with E-state index >= 15 is 0 Å². The summed E-state index contributed by atoms with van der Waals surface area (Å²) in [5.41, 5.74) is 1.43. The second-order valence-corrected chi connectivity index (χ2v) is 5.74. The molecule has 1 aliphatic rings. The van der Waals surface area contributed by atoms with Crippen molar-refractivity contribution >= 4 is 23.3 Å². The highest BCUT2D eigenvalue weighted by molar-refractivity contribution is 6.00. The van der Waals surface area contributed by atoms with E-state index in [0.29, 0.717) is 18.5 Å². The van der Waals surface area contributed by atoms with E-state index in [1.807, 2.05) is 0 Å². The Balaban J connectivity index is 1.58. The first-order chi connectivity index (χ1) is 12.0. The zero-order valence-corrected chi connectivity index (χ0v) is 13.5. The summed E-state index contributed by atoms with van der Waals surface area (Å²) in [7, 11) is 0. The smallest absolute Gasteiger partial charge is 0.338 e. The summed E-state index contributed by atoms with van der Waals surface area (Å²) >= 11 is 0. The first kappa shape index (κ1) is 16.7. The van der Waals surface area contributed by atoms with Crippen LogP contribution >= 0.6 is 0 Å². The maximum Gasteiger partial charge on any atom is 0.338 e. The van der Waals surface area contributed by atoms with Crippen molar-refractivity contribution in [3.05, 3.63) is 59.7 Å². The van der Waals surface area contributed by atoms with Crippen molar-refractivity contribution in [3.8, 4) is 5.75 Å². The molecule has 1 aliphatic heterocycles. The molecule has 0 saturated carbocycles. The number of hydrogen-bond acceptors (Lipinski definition) is 5. The van der Waals surface area contributed by atoms with Crippen LogP contribution in [0.25, 0.3) is 0 Å². The lowest BCUT2D eigenvalue weighted by Gasteiger charge is -2.15.